The van der Waals surface area contributed by atoms with Crippen LogP contribution in [0.4, 0.5) is 0 Å². The molecule has 1 amide bonds. The summed E-state index contributed by atoms with van der Waals surface area (Å²) in [6, 6.07) is 0. The van der Waals surface area contributed by atoms with E-state index in [1.165, 1.54) is 51.4 Å². The van der Waals surface area contributed by atoms with Gasteiger partial charge < -0.3 is 10.0 Å². The summed E-state index contributed by atoms with van der Waals surface area (Å²) in [5.74, 6) is 0.286. The third-order valence-corrected chi connectivity index (χ3v) is 4.69. The van der Waals surface area contributed by atoms with Crippen LogP contribution in [-0.2, 0) is 4.79 Å². The van der Waals surface area contributed by atoms with Crippen molar-refractivity contribution in [3.63, 3.8) is 0 Å². The molecular weight excluding hydrogens is 262 g/mol. The summed E-state index contributed by atoms with van der Waals surface area (Å²) in [6.45, 7) is 5.57. The lowest BCUT2D eigenvalue weighted by Crippen LogP contribution is -2.45. The number of aliphatic hydroxyl groups is 1. The number of carbonyl (C=O) groups is 1. The number of hydrogen-bond acceptors (Lipinski definition) is 2. The Balaban J connectivity index is 1.94. The van der Waals surface area contributed by atoms with Gasteiger partial charge in [-0.3, -0.25) is 4.79 Å². The van der Waals surface area contributed by atoms with Crippen molar-refractivity contribution in [2.75, 3.05) is 13.1 Å². The number of rotatable bonds is 10. The van der Waals surface area contributed by atoms with Gasteiger partial charge in [-0.25, -0.2) is 0 Å². The van der Waals surface area contributed by atoms with Gasteiger partial charge in [0.2, 0.25) is 5.91 Å². The fourth-order valence-electron chi connectivity index (χ4n) is 2.98. The molecule has 0 spiro atoms. The van der Waals surface area contributed by atoms with Crippen molar-refractivity contribution < 1.29 is 9.90 Å². The lowest BCUT2D eigenvalue weighted by Gasteiger charge is -2.35. The van der Waals surface area contributed by atoms with Crippen LogP contribution in [0.25, 0.3) is 0 Å². The first-order valence-electron chi connectivity index (χ1n) is 9.05. The van der Waals surface area contributed by atoms with E-state index in [1.54, 1.807) is 0 Å². The Labute approximate surface area is 131 Å². The molecular formula is C18H35NO2. The predicted octanol–water partition coefficient (Wildman–Crippen LogP) is 4.28. The highest BCUT2D eigenvalue weighted by atomic mass is 16.3. The molecule has 1 aliphatic rings. The van der Waals surface area contributed by atoms with Crippen LogP contribution in [0, 0.1) is 0 Å². The lowest BCUT2D eigenvalue weighted by molar-refractivity contribution is -0.135. The molecule has 1 fully saturated rings. The molecule has 1 heterocycles. The fourth-order valence-corrected chi connectivity index (χ4v) is 2.98. The number of amides is 1. The van der Waals surface area contributed by atoms with Gasteiger partial charge in [0.15, 0.2) is 0 Å². The zero-order valence-corrected chi connectivity index (χ0v) is 14.2. The van der Waals surface area contributed by atoms with E-state index in [0.717, 1.165) is 32.4 Å². The van der Waals surface area contributed by atoms with Crippen LogP contribution in [0.3, 0.4) is 0 Å². The first kappa shape index (κ1) is 18.5. The van der Waals surface area contributed by atoms with Crippen LogP contribution in [0.15, 0.2) is 0 Å². The number of piperidine rings is 1. The first-order valence-corrected chi connectivity index (χ1v) is 9.05. The molecule has 124 valence electrons. The van der Waals surface area contributed by atoms with Crippen molar-refractivity contribution >= 4 is 5.91 Å². The highest BCUT2D eigenvalue weighted by Gasteiger charge is 2.29. The summed E-state index contributed by atoms with van der Waals surface area (Å²) in [4.78, 5) is 14.0. The van der Waals surface area contributed by atoms with Gasteiger partial charge in [-0.05, 0) is 26.2 Å². The van der Waals surface area contributed by atoms with Gasteiger partial charge in [0.1, 0.15) is 0 Å². The Morgan fingerprint density at radius 2 is 1.43 bits per heavy atom. The smallest absolute Gasteiger partial charge is 0.222 e. The SMILES string of the molecule is CCCCCCCCCCCC(=O)N1CCC(C)(O)CC1. The molecule has 0 bridgehead atoms. The van der Waals surface area contributed by atoms with Gasteiger partial charge in [0.05, 0.1) is 5.60 Å². The molecule has 0 atom stereocenters. The zero-order valence-electron chi connectivity index (χ0n) is 14.2. The summed E-state index contributed by atoms with van der Waals surface area (Å²) in [5, 5.41) is 9.89. The van der Waals surface area contributed by atoms with E-state index in [-0.39, 0.29) is 5.91 Å². The van der Waals surface area contributed by atoms with Crippen LogP contribution >= 0.6 is 0 Å². The van der Waals surface area contributed by atoms with Gasteiger partial charge in [-0.15, -0.1) is 0 Å². The summed E-state index contributed by atoms with van der Waals surface area (Å²) in [5.41, 5.74) is -0.561. The monoisotopic (exact) mass is 297 g/mol. The van der Waals surface area contributed by atoms with Crippen LogP contribution in [0.1, 0.15) is 90.9 Å². The topological polar surface area (TPSA) is 40.5 Å². The highest BCUT2D eigenvalue weighted by Crippen LogP contribution is 2.22. The van der Waals surface area contributed by atoms with Crippen molar-refractivity contribution in [3.8, 4) is 0 Å². The third kappa shape index (κ3) is 8.45. The van der Waals surface area contributed by atoms with Crippen molar-refractivity contribution in [2.24, 2.45) is 0 Å². The molecule has 3 nitrogen and oxygen atoms in total. The molecule has 0 unspecified atom stereocenters. The molecule has 0 radical (unpaired) electrons. The molecule has 1 aliphatic heterocycles. The number of nitrogens with zero attached hydrogens (tertiary/aromatic N) is 1. The summed E-state index contributed by atoms with van der Waals surface area (Å²) >= 11 is 0. The molecule has 3 heteroatoms. The minimum absolute atomic E-state index is 0.286. The summed E-state index contributed by atoms with van der Waals surface area (Å²) < 4.78 is 0. The van der Waals surface area contributed by atoms with E-state index >= 15 is 0 Å². The van der Waals surface area contributed by atoms with Crippen LogP contribution in [0.5, 0.6) is 0 Å². The van der Waals surface area contributed by atoms with Gasteiger partial charge in [-0.1, -0.05) is 58.3 Å². The molecule has 1 rings (SSSR count). The minimum atomic E-state index is -0.561. The number of carbonyl (C=O) groups excluding carboxylic acids is 1. The maximum Gasteiger partial charge on any atom is 0.222 e. The number of likely N-dealkylation sites (tertiary alicyclic amines) is 1. The third-order valence-electron chi connectivity index (χ3n) is 4.69. The second kappa shape index (κ2) is 10.2. The highest BCUT2D eigenvalue weighted by molar-refractivity contribution is 5.76. The Morgan fingerprint density at radius 1 is 0.952 bits per heavy atom. The number of unbranched alkanes of at least 4 members (excludes halogenated alkanes) is 8. The minimum Gasteiger partial charge on any atom is -0.390 e. The average Bonchev–Trinajstić information content (AvgIpc) is 2.45. The van der Waals surface area contributed by atoms with E-state index in [1.807, 2.05) is 11.8 Å². The van der Waals surface area contributed by atoms with Gasteiger partial charge in [0, 0.05) is 19.5 Å². The fraction of sp³-hybridized carbons (Fsp3) is 0.944. The summed E-state index contributed by atoms with van der Waals surface area (Å²) in [6.07, 6.45) is 13.7. The van der Waals surface area contributed by atoms with Crippen molar-refractivity contribution in [1.29, 1.82) is 0 Å². The van der Waals surface area contributed by atoms with Gasteiger partial charge >= 0.3 is 0 Å². The van der Waals surface area contributed by atoms with Crippen molar-refractivity contribution in [2.45, 2.75) is 96.5 Å². The average molecular weight is 297 g/mol. The Morgan fingerprint density at radius 3 is 1.95 bits per heavy atom. The summed E-state index contributed by atoms with van der Waals surface area (Å²) in [7, 11) is 0. The van der Waals surface area contributed by atoms with E-state index in [9.17, 15) is 9.90 Å². The van der Waals surface area contributed by atoms with Crippen molar-refractivity contribution in [1.82, 2.24) is 4.90 Å². The Bertz CT molecular complexity index is 279. The van der Waals surface area contributed by atoms with E-state index in [2.05, 4.69) is 6.92 Å². The van der Waals surface area contributed by atoms with Gasteiger partial charge in [0.25, 0.3) is 0 Å². The van der Waals surface area contributed by atoms with Crippen LogP contribution in [-0.4, -0.2) is 34.6 Å². The largest absolute Gasteiger partial charge is 0.390 e. The molecule has 0 aromatic heterocycles. The molecule has 1 N–H and O–H groups in total. The van der Waals surface area contributed by atoms with E-state index in [4.69, 9.17) is 0 Å². The second-order valence-electron chi connectivity index (χ2n) is 6.96. The molecule has 0 aromatic carbocycles. The Kier molecular flexibility index (Phi) is 8.98. The van der Waals surface area contributed by atoms with E-state index in [0.29, 0.717) is 6.42 Å². The molecule has 0 aromatic rings. The molecule has 1 saturated heterocycles. The number of hydrogen-bond donors (Lipinski definition) is 1. The van der Waals surface area contributed by atoms with Crippen LogP contribution in [0.2, 0.25) is 0 Å². The van der Waals surface area contributed by atoms with Gasteiger partial charge in [-0.2, -0.15) is 0 Å². The second-order valence-corrected chi connectivity index (χ2v) is 6.96. The standard InChI is InChI=1S/C18H35NO2/c1-3-4-5-6-7-8-9-10-11-12-17(20)19-15-13-18(2,21)14-16-19/h21H,3-16H2,1-2H3. The predicted molar refractivity (Wildman–Crippen MR) is 88.3 cm³/mol. The lowest BCUT2D eigenvalue weighted by atomic mass is 9.93. The normalized spacial score (nSPS) is 18.0. The van der Waals surface area contributed by atoms with E-state index < -0.39 is 5.60 Å². The maximum atomic E-state index is 12.1. The zero-order chi connectivity index (χ0) is 15.6. The van der Waals surface area contributed by atoms with Crippen LogP contribution < -0.4 is 0 Å². The first-order chi connectivity index (χ1) is 10.0. The van der Waals surface area contributed by atoms with Crippen molar-refractivity contribution in [3.05, 3.63) is 0 Å². The maximum absolute atomic E-state index is 12.1. The Hall–Kier alpha value is -0.570. The molecule has 0 saturated carbocycles. The molecule has 0 aliphatic carbocycles. The molecule has 21 heavy (non-hydrogen) atoms. The quantitative estimate of drug-likeness (QED) is 0.611.